The summed E-state index contributed by atoms with van der Waals surface area (Å²) in [6.45, 7) is 16.6. The zero-order valence-corrected chi connectivity index (χ0v) is 21.4. The van der Waals surface area contributed by atoms with Crippen molar-refractivity contribution in [1.29, 1.82) is 0 Å². The number of ether oxygens (including phenoxy) is 2. The highest BCUT2D eigenvalue weighted by atomic mass is 16.5. The largest absolute Gasteiger partial charge is 0.496 e. The van der Waals surface area contributed by atoms with Gasteiger partial charge in [-0.05, 0) is 31.0 Å². The van der Waals surface area contributed by atoms with E-state index in [1.165, 1.54) is 0 Å². The van der Waals surface area contributed by atoms with Gasteiger partial charge < -0.3 is 26.3 Å². The number of methoxy groups -OCH3 is 2. The summed E-state index contributed by atoms with van der Waals surface area (Å²) in [5, 5.41) is 4.30. The predicted octanol–water partition coefficient (Wildman–Crippen LogP) is 5.54. The molecular weight excluding hydrogens is 402 g/mol. The van der Waals surface area contributed by atoms with Crippen molar-refractivity contribution < 1.29 is 14.5 Å². The van der Waals surface area contributed by atoms with Crippen LogP contribution in [0.25, 0.3) is 10.9 Å². The summed E-state index contributed by atoms with van der Waals surface area (Å²) in [6.07, 6.45) is 0. The van der Waals surface area contributed by atoms with E-state index in [0.29, 0.717) is 18.3 Å². The summed E-state index contributed by atoms with van der Waals surface area (Å²) >= 11 is 0. The molecule has 0 fully saturated rings. The average molecular weight is 445 g/mol. The number of aromatic nitrogens is 2. The quantitative estimate of drug-likeness (QED) is 0.477. The first-order valence-corrected chi connectivity index (χ1v) is 11.3. The van der Waals surface area contributed by atoms with Crippen LogP contribution in [-0.2, 0) is 6.54 Å². The summed E-state index contributed by atoms with van der Waals surface area (Å²) in [6, 6.07) is 7.87. The molecule has 0 bridgehead atoms. The number of nitrogen functional groups attached to an aromatic ring is 2. The highest BCUT2D eigenvalue weighted by Crippen LogP contribution is 2.32. The van der Waals surface area contributed by atoms with Gasteiger partial charge in [0, 0.05) is 29.9 Å². The molecule has 0 saturated heterocycles. The zero-order valence-electron chi connectivity index (χ0n) is 21.4. The average Bonchev–Trinajstić information content (AvgIpc) is 2.82. The van der Waals surface area contributed by atoms with Crippen molar-refractivity contribution in [2.24, 2.45) is 0 Å². The van der Waals surface area contributed by atoms with Gasteiger partial charge in [0.05, 0.1) is 19.6 Å². The number of aromatic amines is 1. The smallest absolute Gasteiger partial charge is 0.342 e. The molecule has 0 unspecified atom stereocenters. The van der Waals surface area contributed by atoms with Crippen molar-refractivity contribution in [3.63, 3.8) is 0 Å². The Morgan fingerprint density at radius 2 is 1.41 bits per heavy atom. The highest BCUT2D eigenvalue weighted by Gasteiger charge is 2.14. The Morgan fingerprint density at radius 1 is 0.875 bits per heavy atom. The Morgan fingerprint density at radius 3 is 1.91 bits per heavy atom. The molecule has 0 atom stereocenters. The van der Waals surface area contributed by atoms with E-state index in [4.69, 9.17) is 20.9 Å². The maximum atomic E-state index is 6.10. The first kappa shape index (κ1) is 28.8. The lowest BCUT2D eigenvalue weighted by molar-refractivity contribution is -0.344. The summed E-state index contributed by atoms with van der Waals surface area (Å²) in [4.78, 5) is 7.18. The van der Waals surface area contributed by atoms with E-state index >= 15 is 0 Å². The van der Waals surface area contributed by atoms with E-state index < -0.39 is 0 Å². The molecule has 32 heavy (non-hydrogen) atoms. The van der Waals surface area contributed by atoms with Crippen LogP contribution in [0.15, 0.2) is 24.3 Å². The minimum absolute atomic E-state index is 0.305. The van der Waals surface area contributed by atoms with Gasteiger partial charge in [0.15, 0.2) is 0 Å². The normalized spacial score (nSPS) is 9.31. The minimum Gasteiger partial charge on any atom is -0.496 e. The van der Waals surface area contributed by atoms with E-state index in [9.17, 15) is 0 Å². The Balaban J connectivity index is 0.00000148. The van der Waals surface area contributed by atoms with Crippen molar-refractivity contribution in [2.45, 2.75) is 61.9 Å². The van der Waals surface area contributed by atoms with Crippen LogP contribution in [0.1, 0.15) is 58.2 Å². The molecule has 3 rings (SSSR count). The molecule has 3 aromatic rings. The first-order valence-electron chi connectivity index (χ1n) is 11.3. The van der Waals surface area contributed by atoms with E-state index in [1.54, 1.807) is 14.2 Å². The molecule has 7 nitrogen and oxygen atoms in total. The van der Waals surface area contributed by atoms with Crippen LogP contribution in [0.4, 0.5) is 17.5 Å². The van der Waals surface area contributed by atoms with Crippen LogP contribution in [-0.4, -0.2) is 19.2 Å². The molecule has 0 aliphatic rings. The van der Waals surface area contributed by atoms with Crippen molar-refractivity contribution in [2.75, 3.05) is 31.0 Å². The fourth-order valence-electron chi connectivity index (χ4n) is 3.11. The van der Waals surface area contributed by atoms with E-state index in [1.807, 2.05) is 79.7 Å². The molecule has 6 N–H and O–H groups in total. The SMILES string of the molecule is CC.CC.CC.COc1cc(NCc2ccc3nc(N)[nH+]c(N)c3c2C)cc(OC)c1C. The number of hydrogen-bond acceptors (Lipinski definition) is 6. The lowest BCUT2D eigenvalue weighted by Crippen LogP contribution is -2.18. The third-order valence-electron chi connectivity index (χ3n) is 4.56. The first-order chi connectivity index (χ1) is 15.4. The molecule has 0 saturated carbocycles. The third-order valence-corrected chi connectivity index (χ3v) is 4.56. The number of nitrogens with two attached hydrogens (primary N) is 2. The lowest BCUT2D eigenvalue weighted by Gasteiger charge is -2.15. The number of H-pyrrole nitrogens is 1. The van der Waals surface area contributed by atoms with Crippen LogP contribution in [0, 0.1) is 13.8 Å². The van der Waals surface area contributed by atoms with Crippen molar-refractivity contribution in [3.8, 4) is 11.5 Å². The number of nitrogens with one attached hydrogen (secondary N) is 2. The van der Waals surface area contributed by atoms with Gasteiger partial charge in [-0.25, -0.2) is 4.98 Å². The molecule has 7 heteroatoms. The summed E-state index contributed by atoms with van der Waals surface area (Å²) in [5.41, 5.74) is 16.7. The standard InChI is InChI=1S/C19H23N5O2.3C2H6/c1-10-12(5-6-14-17(10)18(20)24-19(21)23-14)9-22-13-7-15(25-3)11(2)16(8-13)26-4;3*1-2/h5-8,22H,9H2,1-4H3,(H4,20,21,23,24);3*1-2H3/p+1. The minimum atomic E-state index is 0.305. The van der Waals surface area contributed by atoms with Crippen molar-refractivity contribution in [1.82, 2.24) is 4.98 Å². The predicted molar refractivity (Wildman–Crippen MR) is 138 cm³/mol. The van der Waals surface area contributed by atoms with Gasteiger partial charge in [0.2, 0.25) is 5.82 Å². The maximum absolute atomic E-state index is 6.10. The highest BCUT2D eigenvalue weighted by molar-refractivity contribution is 5.91. The number of anilines is 3. The van der Waals surface area contributed by atoms with Gasteiger partial charge in [-0.1, -0.05) is 47.6 Å². The summed E-state index contributed by atoms with van der Waals surface area (Å²) in [7, 11) is 3.30. The van der Waals surface area contributed by atoms with Crippen LogP contribution < -0.4 is 31.2 Å². The van der Waals surface area contributed by atoms with Gasteiger partial charge in [-0.2, -0.15) is 0 Å². The molecule has 1 heterocycles. The molecular formula is C25H42N5O2+. The number of nitrogens with zero attached hydrogens (tertiary/aromatic N) is 1. The number of aryl methyl sites for hydroxylation is 1. The summed E-state index contributed by atoms with van der Waals surface area (Å²) < 4.78 is 10.9. The fourth-order valence-corrected chi connectivity index (χ4v) is 3.11. The van der Waals surface area contributed by atoms with E-state index in [0.717, 1.165) is 44.8 Å². The number of rotatable bonds is 5. The van der Waals surface area contributed by atoms with E-state index in [-0.39, 0.29) is 0 Å². The fraction of sp³-hybridized carbons (Fsp3) is 0.440. The molecule has 0 amide bonds. The lowest BCUT2D eigenvalue weighted by atomic mass is 10.0. The maximum Gasteiger partial charge on any atom is 0.342 e. The van der Waals surface area contributed by atoms with Crippen LogP contribution in [0.2, 0.25) is 0 Å². The summed E-state index contributed by atoms with van der Waals surface area (Å²) in [5.74, 6) is 2.38. The number of hydrogen-bond donors (Lipinski definition) is 3. The van der Waals surface area contributed by atoms with Gasteiger partial charge in [0.1, 0.15) is 17.0 Å². The van der Waals surface area contributed by atoms with Gasteiger partial charge in [-0.15, -0.1) is 4.98 Å². The molecule has 0 aliphatic heterocycles. The van der Waals surface area contributed by atoms with Crippen molar-refractivity contribution >= 4 is 28.4 Å². The van der Waals surface area contributed by atoms with Gasteiger partial charge in [-0.3, -0.25) is 0 Å². The van der Waals surface area contributed by atoms with Crippen LogP contribution >= 0.6 is 0 Å². The zero-order chi connectivity index (χ0) is 24.8. The molecule has 0 aliphatic carbocycles. The second kappa shape index (κ2) is 14.7. The Kier molecular flexibility index (Phi) is 13.2. The molecule has 2 aromatic carbocycles. The molecule has 0 radical (unpaired) electrons. The van der Waals surface area contributed by atoms with Gasteiger partial charge >= 0.3 is 5.95 Å². The topological polar surface area (TPSA) is 110 Å². The molecule has 0 spiro atoms. The Hall–Kier alpha value is -3.22. The van der Waals surface area contributed by atoms with Crippen LogP contribution in [0.5, 0.6) is 11.5 Å². The second-order valence-electron chi connectivity index (χ2n) is 6.14. The number of fused-ring (bicyclic) bond motifs is 1. The second-order valence-corrected chi connectivity index (χ2v) is 6.14. The molecule has 178 valence electrons. The Labute approximate surface area is 193 Å². The van der Waals surface area contributed by atoms with E-state index in [2.05, 4.69) is 15.3 Å². The number of benzene rings is 2. The van der Waals surface area contributed by atoms with Crippen molar-refractivity contribution in [3.05, 3.63) is 41.0 Å². The Bertz CT molecular complexity index is 949. The van der Waals surface area contributed by atoms with Gasteiger partial charge in [0.25, 0.3) is 0 Å². The molecule has 1 aromatic heterocycles. The van der Waals surface area contributed by atoms with Crippen LogP contribution in [0.3, 0.4) is 0 Å². The monoisotopic (exact) mass is 444 g/mol. The third kappa shape index (κ3) is 6.90.